The maximum Gasteiger partial charge on any atom is 0.323 e. The number of ether oxygens (including phenoxy) is 1. The Balaban J connectivity index is 1.93. The smallest absolute Gasteiger partial charge is 0.323 e. The van der Waals surface area contributed by atoms with Crippen molar-refractivity contribution in [1.82, 2.24) is 0 Å². The number of carbonyl (C=O) groups excluding carboxylic acids is 2. The summed E-state index contributed by atoms with van der Waals surface area (Å²) in [6.45, 7) is -0.000231. The predicted octanol–water partition coefficient (Wildman–Crippen LogP) is 3.56. The zero-order valence-corrected chi connectivity index (χ0v) is 11.8. The van der Waals surface area contributed by atoms with Crippen molar-refractivity contribution in [3.8, 4) is 5.75 Å². The Bertz CT molecular complexity index is 629. The van der Waals surface area contributed by atoms with Crippen LogP contribution in [-0.4, -0.2) is 18.9 Å². The number of nitrogens with one attached hydrogen (secondary N) is 2. The lowest BCUT2D eigenvalue weighted by atomic mass is 10.3. The number of para-hydroxylation sites is 1. The molecule has 0 aliphatic heterocycles. The molecular formula is C15H13ClN2O3. The molecule has 0 saturated heterocycles. The van der Waals surface area contributed by atoms with Crippen LogP contribution in [0.5, 0.6) is 5.75 Å². The quantitative estimate of drug-likeness (QED) is 0.830. The maximum atomic E-state index is 11.8. The molecule has 6 heteroatoms. The summed E-state index contributed by atoms with van der Waals surface area (Å²) in [4.78, 5) is 22.0. The Morgan fingerprint density at radius 2 is 1.81 bits per heavy atom. The first-order valence-electron chi connectivity index (χ1n) is 6.18. The Kier molecular flexibility index (Phi) is 5.17. The second-order valence-electron chi connectivity index (χ2n) is 4.06. The molecule has 0 aliphatic carbocycles. The number of benzene rings is 2. The van der Waals surface area contributed by atoms with Crippen molar-refractivity contribution < 1.29 is 14.3 Å². The van der Waals surface area contributed by atoms with Gasteiger partial charge in [-0.2, -0.15) is 0 Å². The molecule has 2 N–H and O–H groups in total. The normalized spacial score (nSPS) is 9.76. The summed E-state index contributed by atoms with van der Waals surface area (Å²) in [6.07, 6.45) is 0.670. The van der Waals surface area contributed by atoms with E-state index in [9.17, 15) is 9.59 Å². The minimum absolute atomic E-state index is 0.000231. The standard InChI is InChI=1S/C15H13ClN2O3/c16-13-3-1-2-4-14(13)18-15(20)17-11-5-7-12(8-6-11)21-10-9-19/h1-9H,10H2,(H2,17,18,20). The van der Waals surface area contributed by atoms with E-state index in [1.807, 2.05) is 0 Å². The molecule has 2 aromatic rings. The minimum Gasteiger partial charge on any atom is -0.486 e. The summed E-state index contributed by atoms with van der Waals surface area (Å²) in [5.74, 6) is 0.555. The summed E-state index contributed by atoms with van der Waals surface area (Å²) < 4.78 is 5.11. The van der Waals surface area contributed by atoms with Crippen LogP contribution in [0.2, 0.25) is 5.02 Å². The van der Waals surface area contributed by atoms with Gasteiger partial charge in [-0.05, 0) is 36.4 Å². The molecule has 0 saturated carbocycles. The second kappa shape index (κ2) is 7.31. The largest absolute Gasteiger partial charge is 0.486 e. The molecule has 0 atom stereocenters. The van der Waals surface area contributed by atoms with E-state index in [1.54, 1.807) is 48.5 Å². The molecule has 0 unspecified atom stereocenters. The Hall–Kier alpha value is -2.53. The van der Waals surface area contributed by atoms with Gasteiger partial charge >= 0.3 is 6.03 Å². The number of aldehydes is 1. The lowest BCUT2D eigenvalue weighted by molar-refractivity contribution is -0.109. The number of urea groups is 1. The molecule has 21 heavy (non-hydrogen) atoms. The third kappa shape index (κ3) is 4.50. The van der Waals surface area contributed by atoms with E-state index in [4.69, 9.17) is 16.3 Å². The van der Waals surface area contributed by atoms with Crippen molar-refractivity contribution >= 4 is 35.3 Å². The fraction of sp³-hybridized carbons (Fsp3) is 0.0667. The molecule has 5 nitrogen and oxygen atoms in total. The minimum atomic E-state index is -0.398. The topological polar surface area (TPSA) is 67.4 Å². The third-order valence-electron chi connectivity index (χ3n) is 2.55. The molecule has 108 valence electrons. The van der Waals surface area contributed by atoms with Gasteiger partial charge in [0.2, 0.25) is 0 Å². The van der Waals surface area contributed by atoms with Gasteiger partial charge in [0.25, 0.3) is 0 Å². The van der Waals surface area contributed by atoms with Crippen LogP contribution in [-0.2, 0) is 4.79 Å². The zero-order valence-electron chi connectivity index (χ0n) is 11.0. The van der Waals surface area contributed by atoms with E-state index in [0.717, 1.165) is 0 Å². The van der Waals surface area contributed by atoms with Gasteiger partial charge in [-0.1, -0.05) is 23.7 Å². The summed E-state index contributed by atoms with van der Waals surface area (Å²) in [7, 11) is 0. The third-order valence-corrected chi connectivity index (χ3v) is 2.88. The number of rotatable bonds is 5. The van der Waals surface area contributed by atoms with Crippen molar-refractivity contribution in [1.29, 1.82) is 0 Å². The molecule has 0 aliphatic rings. The fourth-order valence-electron chi connectivity index (χ4n) is 1.61. The monoisotopic (exact) mass is 304 g/mol. The van der Waals surface area contributed by atoms with E-state index in [2.05, 4.69) is 10.6 Å². The van der Waals surface area contributed by atoms with Crippen LogP contribution < -0.4 is 15.4 Å². The molecular weight excluding hydrogens is 292 g/mol. The van der Waals surface area contributed by atoms with E-state index in [-0.39, 0.29) is 6.61 Å². The molecule has 2 aromatic carbocycles. The Morgan fingerprint density at radius 3 is 2.48 bits per heavy atom. The molecule has 2 rings (SSSR count). The van der Waals surface area contributed by atoms with Crippen LogP contribution in [0.15, 0.2) is 48.5 Å². The lowest BCUT2D eigenvalue weighted by Gasteiger charge is -2.09. The average molecular weight is 305 g/mol. The Labute approximate surface area is 126 Å². The number of anilines is 2. The number of hydrogen-bond acceptors (Lipinski definition) is 3. The molecule has 0 aromatic heterocycles. The van der Waals surface area contributed by atoms with Gasteiger partial charge in [0, 0.05) is 5.69 Å². The SMILES string of the molecule is O=CCOc1ccc(NC(=O)Nc2ccccc2Cl)cc1. The van der Waals surface area contributed by atoms with Gasteiger partial charge in [0.05, 0.1) is 10.7 Å². The Morgan fingerprint density at radius 1 is 1.10 bits per heavy atom. The summed E-state index contributed by atoms with van der Waals surface area (Å²) in [5, 5.41) is 5.78. The molecule has 0 fully saturated rings. The lowest BCUT2D eigenvalue weighted by Crippen LogP contribution is -2.19. The first-order valence-corrected chi connectivity index (χ1v) is 6.56. The fourth-order valence-corrected chi connectivity index (χ4v) is 1.79. The summed E-state index contributed by atoms with van der Waals surface area (Å²) >= 11 is 5.95. The van der Waals surface area contributed by atoms with Crippen molar-refractivity contribution in [2.24, 2.45) is 0 Å². The van der Waals surface area contributed by atoms with Crippen LogP contribution in [0, 0.1) is 0 Å². The highest BCUT2D eigenvalue weighted by molar-refractivity contribution is 6.33. The van der Waals surface area contributed by atoms with Gasteiger partial charge in [-0.3, -0.25) is 4.79 Å². The molecule has 0 spiro atoms. The molecule has 0 radical (unpaired) electrons. The van der Waals surface area contributed by atoms with Crippen LogP contribution in [0.3, 0.4) is 0 Å². The van der Waals surface area contributed by atoms with Gasteiger partial charge in [-0.15, -0.1) is 0 Å². The number of carbonyl (C=O) groups is 2. The second-order valence-corrected chi connectivity index (χ2v) is 4.47. The average Bonchev–Trinajstić information content (AvgIpc) is 2.49. The first kappa shape index (κ1) is 14.9. The number of amides is 2. The highest BCUT2D eigenvalue weighted by Crippen LogP contribution is 2.21. The predicted molar refractivity (Wildman–Crippen MR) is 82.1 cm³/mol. The molecule has 0 heterocycles. The van der Waals surface area contributed by atoms with Gasteiger partial charge in [0.1, 0.15) is 12.4 Å². The van der Waals surface area contributed by atoms with E-state index in [1.165, 1.54) is 0 Å². The van der Waals surface area contributed by atoms with Gasteiger partial charge in [-0.25, -0.2) is 4.79 Å². The van der Waals surface area contributed by atoms with Crippen LogP contribution in [0.4, 0.5) is 16.2 Å². The van der Waals surface area contributed by atoms with Crippen molar-refractivity contribution in [3.63, 3.8) is 0 Å². The van der Waals surface area contributed by atoms with Crippen LogP contribution >= 0.6 is 11.6 Å². The van der Waals surface area contributed by atoms with Crippen molar-refractivity contribution in [2.45, 2.75) is 0 Å². The zero-order chi connectivity index (χ0) is 15.1. The van der Waals surface area contributed by atoms with E-state index >= 15 is 0 Å². The first-order chi connectivity index (χ1) is 10.2. The van der Waals surface area contributed by atoms with Gasteiger partial charge in [0.15, 0.2) is 6.29 Å². The molecule has 0 bridgehead atoms. The highest BCUT2D eigenvalue weighted by atomic mass is 35.5. The molecule has 2 amide bonds. The van der Waals surface area contributed by atoms with Crippen LogP contribution in [0.25, 0.3) is 0 Å². The summed E-state index contributed by atoms with van der Waals surface area (Å²) in [5.41, 5.74) is 1.13. The highest BCUT2D eigenvalue weighted by Gasteiger charge is 2.05. The van der Waals surface area contributed by atoms with Crippen LogP contribution in [0.1, 0.15) is 0 Å². The number of hydrogen-bond donors (Lipinski definition) is 2. The van der Waals surface area contributed by atoms with Crippen molar-refractivity contribution in [3.05, 3.63) is 53.6 Å². The van der Waals surface area contributed by atoms with Crippen molar-refractivity contribution in [2.75, 3.05) is 17.2 Å². The van der Waals surface area contributed by atoms with E-state index < -0.39 is 6.03 Å². The van der Waals surface area contributed by atoms with E-state index in [0.29, 0.717) is 28.4 Å². The maximum absolute atomic E-state index is 11.8. The number of halogens is 1. The van der Waals surface area contributed by atoms with Gasteiger partial charge < -0.3 is 15.4 Å². The summed E-state index contributed by atoms with van der Waals surface area (Å²) in [6, 6.07) is 13.2.